The van der Waals surface area contributed by atoms with Gasteiger partial charge >= 0.3 is 0 Å². The van der Waals surface area contributed by atoms with Gasteiger partial charge in [-0.1, -0.05) is 64.0 Å². The second-order valence-electron chi connectivity index (χ2n) is 9.15. The van der Waals surface area contributed by atoms with Crippen LogP contribution in [0.3, 0.4) is 0 Å². The third kappa shape index (κ3) is 7.42. The zero-order valence-electron chi connectivity index (χ0n) is 21.4. The maximum atomic E-state index is 13.8. The highest BCUT2D eigenvalue weighted by molar-refractivity contribution is 9.10. The Bertz CT molecular complexity index is 1330. The first-order chi connectivity index (χ1) is 17.5. The molecule has 37 heavy (non-hydrogen) atoms. The highest BCUT2D eigenvalue weighted by Crippen LogP contribution is 2.25. The van der Waals surface area contributed by atoms with Crippen LogP contribution in [0, 0.1) is 6.92 Å². The van der Waals surface area contributed by atoms with E-state index < -0.39 is 28.5 Å². The van der Waals surface area contributed by atoms with E-state index in [0.29, 0.717) is 5.69 Å². The van der Waals surface area contributed by atoms with Gasteiger partial charge in [-0.3, -0.25) is 13.9 Å². The van der Waals surface area contributed by atoms with Crippen LogP contribution in [0.15, 0.2) is 88.2 Å². The highest BCUT2D eigenvalue weighted by Gasteiger charge is 2.32. The molecule has 0 aliphatic carbocycles. The number of anilines is 1. The van der Waals surface area contributed by atoms with Crippen LogP contribution < -0.4 is 9.62 Å². The number of carbonyl (C=O) groups excluding carboxylic acids is 2. The van der Waals surface area contributed by atoms with Crippen LogP contribution in [-0.4, -0.2) is 43.8 Å². The maximum absolute atomic E-state index is 13.8. The Kier molecular flexibility index (Phi) is 9.50. The number of hydrogen-bond donors (Lipinski definition) is 1. The number of amides is 2. The molecule has 196 valence electrons. The number of sulfonamides is 1. The number of nitrogens with one attached hydrogen (secondary N) is 1. The molecule has 3 aromatic carbocycles. The smallest absolute Gasteiger partial charge is 0.264 e. The van der Waals surface area contributed by atoms with E-state index in [0.717, 1.165) is 19.9 Å². The Morgan fingerprint density at radius 3 is 2.16 bits per heavy atom. The lowest BCUT2D eigenvalue weighted by atomic mass is 10.1. The van der Waals surface area contributed by atoms with Crippen molar-refractivity contribution < 1.29 is 18.0 Å². The first-order valence-electron chi connectivity index (χ1n) is 12.0. The van der Waals surface area contributed by atoms with Gasteiger partial charge in [-0.05, 0) is 69.7 Å². The van der Waals surface area contributed by atoms with Gasteiger partial charge in [0.25, 0.3) is 10.0 Å². The predicted molar refractivity (Wildman–Crippen MR) is 150 cm³/mol. The predicted octanol–water partition coefficient (Wildman–Crippen LogP) is 4.89. The lowest BCUT2D eigenvalue weighted by Gasteiger charge is -2.32. The summed E-state index contributed by atoms with van der Waals surface area (Å²) in [5.74, 6) is -0.808. The Hall–Kier alpha value is -3.17. The van der Waals surface area contributed by atoms with Crippen LogP contribution in [0.2, 0.25) is 0 Å². The van der Waals surface area contributed by atoms with E-state index in [4.69, 9.17) is 0 Å². The fourth-order valence-electron chi connectivity index (χ4n) is 3.78. The van der Waals surface area contributed by atoms with Crippen molar-refractivity contribution >= 4 is 43.5 Å². The van der Waals surface area contributed by atoms with Crippen molar-refractivity contribution in [3.05, 3.63) is 94.5 Å². The summed E-state index contributed by atoms with van der Waals surface area (Å²) >= 11 is 3.45. The molecular formula is C28H32BrN3O4S. The van der Waals surface area contributed by atoms with Crippen molar-refractivity contribution in [2.45, 2.75) is 51.2 Å². The molecule has 1 unspecified atom stereocenters. The number of para-hydroxylation sites is 1. The fraction of sp³-hybridized carbons (Fsp3) is 0.286. The van der Waals surface area contributed by atoms with E-state index in [-0.39, 0.29) is 23.4 Å². The Morgan fingerprint density at radius 2 is 1.57 bits per heavy atom. The average molecular weight is 587 g/mol. The van der Waals surface area contributed by atoms with Crippen molar-refractivity contribution in [3.63, 3.8) is 0 Å². The van der Waals surface area contributed by atoms with Gasteiger partial charge in [-0.15, -0.1) is 0 Å². The lowest BCUT2D eigenvalue weighted by molar-refractivity contribution is -0.139. The Labute approximate surface area is 227 Å². The molecule has 1 atom stereocenters. The minimum atomic E-state index is -4.07. The Balaban J connectivity index is 2.00. The minimum Gasteiger partial charge on any atom is -0.352 e. The second-order valence-corrected chi connectivity index (χ2v) is 11.9. The molecule has 0 bridgehead atoms. The molecule has 0 spiro atoms. The summed E-state index contributed by atoms with van der Waals surface area (Å²) in [5.41, 5.74) is 2.09. The topological polar surface area (TPSA) is 86.8 Å². The summed E-state index contributed by atoms with van der Waals surface area (Å²) in [6.07, 6.45) is 0. The molecule has 7 nitrogen and oxygen atoms in total. The summed E-state index contributed by atoms with van der Waals surface area (Å²) in [6.45, 7) is 6.88. The van der Waals surface area contributed by atoms with E-state index in [1.54, 1.807) is 49.4 Å². The van der Waals surface area contributed by atoms with Crippen molar-refractivity contribution in [2.24, 2.45) is 0 Å². The zero-order valence-corrected chi connectivity index (χ0v) is 23.8. The van der Waals surface area contributed by atoms with Gasteiger partial charge in [-0.25, -0.2) is 8.42 Å². The average Bonchev–Trinajstić information content (AvgIpc) is 2.85. The molecule has 0 saturated heterocycles. The van der Waals surface area contributed by atoms with Crippen molar-refractivity contribution in [1.29, 1.82) is 0 Å². The summed E-state index contributed by atoms with van der Waals surface area (Å²) in [7, 11) is -4.07. The molecule has 0 aliphatic heterocycles. The SMILES string of the molecule is Cc1ccc(S(=O)(=O)N(CC(=O)N(Cc2cccc(Br)c2)C(C)C(=O)NC(C)C)c2ccccc2)cc1. The molecule has 3 aromatic rings. The van der Waals surface area contributed by atoms with Crippen LogP contribution in [0.1, 0.15) is 31.9 Å². The molecule has 2 amide bonds. The molecule has 0 fully saturated rings. The molecule has 1 N–H and O–H groups in total. The number of benzene rings is 3. The molecule has 0 radical (unpaired) electrons. The lowest BCUT2D eigenvalue weighted by Crippen LogP contribution is -2.52. The van der Waals surface area contributed by atoms with Gasteiger partial charge < -0.3 is 10.2 Å². The Morgan fingerprint density at radius 1 is 0.919 bits per heavy atom. The third-order valence-corrected chi connectivity index (χ3v) is 8.05. The second kappa shape index (κ2) is 12.4. The minimum absolute atomic E-state index is 0.0823. The summed E-state index contributed by atoms with van der Waals surface area (Å²) in [4.78, 5) is 28.2. The van der Waals surface area contributed by atoms with E-state index in [1.165, 1.54) is 17.0 Å². The van der Waals surface area contributed by atoms with Gasteiger partial charge in [0, 0.05) is 17.1 Å². The van der Waals surface area contributed by atoms with Gasteiger partial charge in [0.15, 0.2) is 0 Å². The normalized spacial score (nSPS) is 12.2. The van der Waals surface area contributed by atoms with Crippen molar-refractivity contribution in [1.82, 2.24) is 10.2 Å². The largest absolute Gasteiger partial charge is 0.352 e. The van der Waals surface area contributed by atoms with Crippen LogP contribution in [0.4, 0.5) is 5.69 Å². The summed E-state index contributed by atoms with van der Waals surface area (Å²) in [6, 6.07) is 21.5. The molecular weight excluding hydrogens is 554 g/mol. The molecule has 0 aliphatic rings. The van der Waals surface area contributed by atoms with E-state index in [1.807, 2.05) is 45.0 Å². The number of halogens is 1. The maximum Gasteiger partial charge on any atom is 0.264 e. The quantitative estimate of drug-likeness (QED) is 0.367. The molecule has 3 rings (SSSR count). The first kappa shape index (κ1) is 28.4. The fourth-order valence-corrected chi connectivity index (χ4v) is 5.64. The first-order valence-corrected chi connectivity index (χ1v) is 14.2. The summed E-state index contributed by atoms with van der Waals surface area (Å²) in [5, 5.41) is 2.85. The number of nitrogens with zero attached hydrogens (tertiary/aromatic N) is 2. The molecule has 0 saturated carbocycles. The highest BCUT2D eigenvalue weighted by atomic mass is 79.9. The number of rotatable bonds is 10. The van der Waals surface area contributed by atoms with Gasteiger partial charge in [0.2, 0.25) is 11.8 Å². The molecule has 0 aromatic heterocycles. The van der Waals surface area contributed by atoms with Crippen LogP contribution >= 0.6 is 15.9 Å². The monoisotopic (exact) mass is 585 g/mol. The van der Waals surface area contributed by atoms with Crippen LogP contribution in [0.25, 0.3) is 0 Å². The van der Waals surface area contributed by atoms with Crippen molar-refractivity contribution in [2.75, 3.05) is 10.8 Å². The van der Waals surface area contributed by atoms with Gasteiger partial charge in [-0.2, -0.15) is 0 Å². The number of aryl methyl sites for hydroxylation is 1. The summed E-state index contributed by atoms with van der Waals surface area (Å²) < 4.78 is 29.4. The standard InChI is InChI=1S/C28H32BrN3O4S/c1-20(2)30-28(34)22(4)31(18-23-9-8-10-24(29)17-23)27(33)19-32(25-11-6-5-7-12-25)37(35,36)26-15-13-21(3)14-16-26/h5-17,20,22H,18-19H2,1-4H3,(H,30,34). The van der Waals surface area contributed by atoms with Gasteiger partial charge in [0.1, 0.15) is 12.6 Å². The molecule has 0 heterocycles. The number of hydrogen-bond acceptors (Lipinski definition) is 4. The molecule has 9 heteroatoms. The van der Waals surface area contributed by atoms with Crippen molar-refractivity contribution in [3.8, 4) is 0 Å². The van der Waals surface area contributed by atoms with Gasteiger partial charge in [0.05, 0.1) is 10.6 Å². The third-order valence-electron chi connectivity index (χ3n) is 5.77. The number of carbonyl (C=O) groups is 2. The van der Waals surface area contributed by atoms with Crippen LogP contribution in [0.5, 0.6) is 0 Å². The zero-order chi connectivity index (χ0) is 27.2. The van der Waals surface area contributed by atoms with E-state index >= 15 is 0 Å². The van der Waals surface area contributed by atoms with E-state index in [9.17, 15) is 18.0 Å². The van der Waals surface area contributed by atoms with Crippen LogP contribution in [-0.2, 0) is 26.2 Å². The van der Waals surface area contributed by atoms with E-state index in [2.05, 4.69) is 21.2 Å².